The number of anilines is 2. The molecule has 1 aliphatic carbocycles. The van der Waals surface area contributed by atoms with Crippen molar-refractivity contribution in [3.05, 3.63) is 11.5 Å². The molecule has 116 valence electrons. The SMILES string of the molecule is CC1(C)O[C@@H]2[C@@H](CO)C[C@@H](Nc3ncnc(Cl)c3N)[C@@H]2O1. The molecule has 1 saturated carbocycles. The Morgan fingerprint density at radius 2 is 2.14 bits per heavy atom. The molecule has 2 heterocycles. The molecule has 0 radical (unpaired) electrons. The van der Waals surface area contributed by atoms with Gasteiger partial charge in [0.05, 0.1) is 12.1 Å². The molecule has 7 nitrogen and oxygen atoms in total. The third-order valence-corrected chi connectivity index (χ3v) is 4.27. The fourth-order valence-electron chi connectivity index (χ4n) is 3.07. The molecular formula is C13H19ClN4O3. The maximum atomic E-state index is 9.53. The lowest BCUT2D eigenvalue weighted by Crippen LogP contribution is -2.34. The third kappa shape index (κ3) is 2.66. The van der Waals surface area contributed by atoms with Gasteiger partial charge in [-0.3, -0.25) is 0 Å². The number of ether oxygens (including phenoxy) is 2. The van der Waals surface area contributed by atoms with Gasteiger partial charge in [0.1, 0.15) is 18.1 Å². The topological polar surface area (TPSA) is 103 Å². The molecule has 0 spiro atoms. The summed E-state index contributed by atoms with van der Waals surface area (Å²) in [5.41, 5.74) is 6.18. The molecule has 0 amide bonds. The fraction of sp³-hybridized carbons (Fsp3) is 0.692. The number of aliphatic hydroxyl groups excluding tert-OH is 1. The Balaban J connectivity index is 1.81. The molecule has 1 aromatic rings. The van der Waals surface area contributed by atoms with E-state index in [1.54, 1.807) is 0 Å². The van der Waals surface area contributed by atoms with Crippen molar-refractivity contribution in [2.45, 2.75) is 44.3 Å². The van der Waals surface area contributed by atoms with Crippen LogP contribution in [0.15, 0.2) is 6.33 Å². The van der Waals surface area contributed by atoms with Gasteiger partial charge in [-0.05, 0) is 20.3 Å². The summed E-state index contributed by atoms with van der Waals surface area (Å²) >= 11 is 5.90. The predicted octanol–water partition coefficient (Wildman–Crippen LogP) is 1.03. The van der Waals surface area contributed by atoms with Crippen LogP contribution in [-0.2, 0) is 9.47 Å². The van der Waals surface area contributed by atoms with Crippen molar-refractivity contribution in [3.8, 4) is 0 Å². The number of nitrogens with zero attached hydrogens (tertiary/aromatic N) is 2. The summed E-state index contributed by atoms with van der Waals surface area (Å²) in [6, 6.07) is -0.0535. The molecule has 2 fully saturated rings. The lowest BCUT2D eigenvalue weighted by Gasteiger charge is -2.24. The van der Waals surface area contributed by atoms with Crippen LogP contribution in [0.1, 0.15) is 20.3 Å². The summed E-state index contributed by atoms with van der Waals surface area (Å²) in [4.78, 5) is 7.94. The number of aliphatic hydroxyl groups is 1. The van der Waals surface area contributed by atoms with Gasteiger partial charge in [0.25, 0.3) is 0 Å². The number of halogens is 1. The minimum atomic E-state index is -0.655. The maximum absolute atomic E-state index is 9.53. The van der Waals surface area contributed by atoms with Crippen LogP contribution in [0.25, 0.3) is 0 Å². The number of hydrogen-bond donors (Lipinski definition) is 3. The first-order valence-corrected chi connectivity index (χ1v) is 7.28. The van der Waals surface area contributed by atoms with Gasteiger partial charge in [-0.25, -0.2) is 9.97 Å². The summed E-state index contributed by atoms with van der Waals surface area (Å²) in [5.74, 6) is -0.156. The van der Waals surface area contributed by atoms with Gasteiger partial charge >= 0.3 is 0 Å². The number of nitrogen functional groups attached to an aromatic ring is 1. The molecule has 1 aromatic heterocycles. The summed E-state index contributed by atoms with van der Waals surface area (Å²) in [7, 11) is 0. The smallest absolute Gasteiger partial charge is 0.163 e. The van der Waals surface area contributed by atoms with Crippen LogP contribution in [0.3, 0.4) is 0 Å². The van der Waals surface area contributed by atoms with E-state index in [1.165, 1.54) is 6.33 Å². The van der Waals surface area contributed by atoms with E-state index in [0.717, 1.165) is 0 Å². The lowest BCUT2D eigenvalue weighted by molar-refractivity contribution is -0.158. The van der Waals surface area contributed by atoms with E-state index in [1.807, 2.05) is 13.8 Å². The number of nitrogens with two attached hydrogens (primary N) is 1. The zero-order chi connectivity index (χ0) is 15.2. The van der Waals surface area contributed by atoms with E-state index in [4.69, 9.17) is 26.8 Å². The van der Waals surface area contributed by atoms with E-state index in [-0.39, 0.29) is 35.9 Å². The molecule has 2 aliphatic rings. The first-order chi connectivity index (χ1) is 9.91. The molecule has 0 unspecified atom stereocenters. The summed E-state index contributed by atoms with van der Waals surface area (Å²) in [6.07, 6.45) is 1.77. The number of hydrogen-bond acceptors (Lipinski definition) is 7. The van der Waals surface area contributed by atoms with E-state index in [2.05, 4.69) is 15.3 Å². The molecule has 3 rings (SSSR count). The first-order valence-electron chi connectivity index (χ1n) is 6.90. The van der Waals surface area contributed by atoms with Gasteiger partial charge in [0.15, 0.2) is 16.8 Å². The highest BCUT2D eigenvalue weighted by Gasteiger charge is 2.53. The highest BCUT2D eigenvalue weighted by molar-refractivity contribution is 6.32. The second-order valence-electron chi connectivity index (χ2n) is 5.92. The Hall–Kier alpha value is -1.15. The number of nitrogens with one attached hydrogen (secondary N) is 1. The highest BCUT2D eigenvalue weighted by Crippen LogP contribution is 2.42. The monoisotopic (exact) mass is 314 g/mol. The Morgan fingerprint density at radius 3 is 2.86 bits per heavy atom. The molecule has 4 N–H and O–H groups in total. The Kier molecular flexibility index (Phi) is 3.69. The number of aromatic nitrogens is 2. The van der Waals surface area contributed by atoms with Gasteiger partial charge < -0.3 is 25.6 Å². The van der Waals surface area contributed by atoms with Crippen molar-refractivity contribution in [2.75, 3.05) is 17.7 Å². The van der Waals surface area contributed by atoms with Gasteiger partial charge in [-0.15, -0.1) is 0 Å². The van der Waals surface area contributed by atoms with Crippen LogP contribution in [0.2, 0.25) is 5.15 Å². The average Bonchev–Trinajstić information content (AvgIpc) is 2.89. The van der Waals surface area contributed by atoms with Gasteiger partial charge in [0.2, 0.25) is 0 Å². The van der Waals surface area contributed by atoms with Crippen LogP contribution in [0, 0.1) is 5.92 Å². The van der Waals surface area contributed by atoms with Crippen molar-refractivity contribution in [3.63, 3.8) is 0 Å². The Morgan fingerprint density at radius 1 is 1.43 bits per heavy atom. The van der Waals surface area contributed by atoms with Crippen LogP contribution >= 0.6 is 11.6 Å². The second kappa shape index (κ2) is 5.24. The Bertz CT molecular complexity index is 542. The zero-order valence-electron chi connectivity index (χ0n) is 11.9. The van der Waals surface area contributed by atoms with Crippen molar-refractivity contribution in [1.82, 2.24) is 9.97 Å². The molecule has 1 saturated heterocycles. The predicted molar refractivity (Wildman–Crippen MR) is 77.9 cm³/mol. The van der Waals surface area contributed by atoms with Crippen LogP contribution in [0.4, 0.5) is 11.5 Å². The Labute approximate surface area is 127 Å². The second-order valence-corrected chi connectivity index (χ2v) is 6.28. The molecule has 0 aromatic carbocycles. The minimum Gasteiger partial charge on any atom is -0.396 e. The molecule has 21 heavy (non-hydrogen) atoms. The molecule has 1 aliphatic heterocycles. The van der Waals surface area contributed by atoms with Gasteiger partial charge in [0, 0.05) is 12.5 Å². The molecule has 0 bridgehead atoms. The maximum Gasteiger partial charge on any atom is 0.163 e. The lowest BCUT2D eigenvalue weighted by atomic mass is 10.1. The van der Waals surface area contributed by atoms with Crippen molar-refractivity contribution < 1.29 is 14.6 Å². The molecule has 4 atom stereocenters. The molecule has 8 heteroatoms. The third-order valence-electron chi connectivity index (χ3n) is 3.97. The van der Waals surface area contributed by atoms with E-state index in [0.29, 0.717) is 17.9 Å². The fourth-order valence-corrected chi connectivity index (χ4v) is 3.20. The largest absolute Gasteiger partial charge is 0.396 e. The van der Waals surface area contributed by atoms with E-state index < -0.39 is 5.79 Å². The average molecular weight is 315 g/mol. The van der Waals surface area contributed by atoms with Gasteiger partial charge in [-0.1, -0.05) is 11.6 Å². The summed E-state index contributed by atoms with van der Waals surface area (Å²) < 4.78 is 11.8. The van der Waals surface area contributed by atoms with E-state index in [9.17, 15) is 5.11 Å². The highest BCUT2D eigenvalue weighted by atomic mass is 35.5. The van der Waals surface area contributed by atoms with Crippen LogP contribution in [-0.4, -0.2) is 45.7 Å². The standard InChI is InChI=1S/C13H19ClN4O3/c1-13(2)20-9-6(4-19)3-7(10(9)21-13)18-12-8(15)11(14)16-5-17-12/h5-7,9-10,19H,3-4,15H2,1-2H3,(H,16,17,18)/t6-,7-,9-,10+/m1/s1. The summed E-state index contributed by atoms with van der Waals surface area (Å²) in [5, 5.41) is 13.0. The zero-order valence-corrected chi connectivity index (χ0v) is 12.7. The minimum absolute atomic E-state index is 0.0211. The quantitative estimate of drug-likeness (QED) is 0.716. The van der Waals surface area contributed by atoms with Crippen molar-refractivity contribution in [1.29, 1.82) is 0 Å². The van der Waals surface area contributed by atoms with Crippen molar-refractivity contribution in [2.24, 2.45) is 5.92 Å². The molecular weight excluding hydrogens is 296 g/mol. The van der Waals surface area contributed by atoms with Crippen molar-refractivity contribution >= 4 is 23.1 Å². The summed E-state index contributed by atoms with van der Waals surface area (Å²) in [6.45, 7) is 3.79. The van der Waals surface area contributed by atoms with Gasteiger partial charge in [-0.2, -0.15) is 0 Å². The van der Waals surface area contributed by atoms with E-state index >= 15 is 0 Å². The number of fused-ring (bicyclic) bond motifs is 1. The van der Waals surface area contributed by atoms with Crippen LogP contribution in [0.5, 0.6) is 0 Å². The number of rotatable bonds is 3. The van der Waals surface area contributed by atoms with Crippen LogP contribution < -0.4 is 11.1 Å². The first kappa shape index (κ1) is 14.8. The normalized spacial score (nSPS) is 33.9.